The molecular formula is C19H13BrN2S. The summed E-state index contributed by atoms with van der Waals surface area (Å²) in [7, 11) is 0. The first-order valence-electron chi connectivity index (χ1n) is 7.24. The maximum absolute atomic E-state index is 4.62. The third kappa shape index (κ3) is 2.52. The monoisotopic (exact) mass is 380 g/mol. The molecule has 0 saturated carbocycles. The summed E-state index contributed by atoms with van der Waals surface area (Å²) in [5, 5.41) is 2.31. The highest BCUT2D eigenvalue weighted by atomic mass is 79.9. The highest BCUT2D eigenvalue weighted by Gasteiger charge is 2.11. The molecule has 0 spiro atoms. The number of aromatic nitrogens is 2. The number of halogens is 1. The molecule has 4 rings (SSSR count). The molecule has 0 fully saturated rings. The molecule has 0 radical (unpaired) electrons. The number of hydrogen-bond acceptors (Lipinski definition) is 3. The van der Waals surface area contributed by atoms with Gasteiger partial charge in [-0.05, 0) is 42.2 Å². The molecule has 2 aromatic carbocycles. The Morgan fingerprint density at radius 2 is 1.78 bits per heavy atom. The molecule has 2 aromatic heterocycles. The number of hydrogen-bond donors (Lipinski definition) is 0. The van der Waals surface area contributed by atoms with E-state index in [2.05, 4.69) is 56.4 Å². The van der Waals surface area contributed by atoms with Gasteiger partial charge in [-0.3, -0.25) is 9.97 Å². The van der Waals surface area contributed by atoms with Crippen LogP contribution in [0.1, 0.15) is 0 Å². The predicted molar refractivity (Wildman–Crippen MR) is 102 cm³/mol. The van der Waals surface area contributed by atoms with Gasteiger partial charge in [-0.15, -0.1) is 11.8 Å². The number of nitrogens with zero attached hydrogens (tertiary/aromatic N) is 2. The van der Waals surface area contributed by atoms with Crippen molar-refractivity contribution < 1.29 is 0 Å². The SMILES string of the molecule is CSc1c(-c2cnc3cccc(Br)c3c2)ccc2ncccc12. The lowest BCUT2D eigenvalue weighted by Crippen LogP contribution is -1.89. The van der Waals surface area contributed by atoms with E-state index in [1.807, 2.05) is 36.7 Å². The molecule has 0 aliphatic carbocycles. The van der Waals surface area contributed by atoms with Crippen LogP contribution in [0.25, 0.3) is 32.9 Å². The molecule has 112 valence electrons. The van der Waals surface area contributed by atoms with Gasteiger partial charge in [-0.1, -0.05) is 34.1 Å². The minimum Gasteiger partial charge on any atom is -0.256 e. The Morgan fingerprint density at radius 3 is 2.65 bits per heavy atom. The zero-order chi connectivity index (χ0) is 15.8. The number of benzene rings is 2. The van der Waals surface area contributed by atoms with Crippen LogP contribution in [0.4, 0.5) is 0 Å². The second-order valence-electron chi connectivity index (χ2n) is 5.25. The van der Waals surface area contributed by atoms with Gasteiger partial charge in [-0.25, -0.2) is 0 Å². The van der Waals surface area contributed by atoms with Crippen molar-refractivity contribution in [1.29, 1.82) is 0 Å². The molecule has 0 saturated heterocycles. The Balaban J connectivity index is 2.00. The summed E-state index contributed by atoms with van der Waals surface area (Å²) in [4.78, 5) is 10.3. The average molecular weight is 381 g/mol. The maximum atomic E-state index is 4.62. The topological polar surface area (TPSA) is 25.8 Å². The molecule has 23 heavy (non-hydrogen) atoms. The second-order valence-corrected chi connectivity index (χ2v) is 6.92. The molecule has 2 heterocycles. The average Bonchev–Trinajstić information content (AvgIpc) is 2.61. The van der Waals surface area contributed by atoms with Gasteiger partial charge in [0.15, 0.2) is 0 Å². The van der Waals surface area contributed by atoms with Gasteiger partial charge in [-0.2, -0.15) is 0 Å². The molecule has 0 N–H and O–H groups in total. The molecule has 4 heteroatoms. The van der Waals surface area contributed by atoms with E-state index in [9.17, 15) is 0 Å². The number of rotatable bonds is 2. The molecule has 0 atom stereocenters. The fourth-order valence-corrected chi connectivity index (χ4v) is 4.10. The Kier molecular flexibility index (Phi) is 3.79. The maximum Gasteiger partial charge on any atom is 0.0713 e. The second kappa shape index (κ2) is 5.95. The van der Waals surface area contributed by atoms with Gasteiger partial charge in [0, 0.05) is 38.1 Å². The molecule has 0 amide bonds. The van der Waals surface area contributed by atoms with E-state index in [1.54, 1.807) is 11.8 Å². The quantitative estimate of drug-likeness (QED) is 0.402. The summed E-state index contributed by atoms with van der Waals surface area (Å²) >= 11 is 5.37. The van der Waals surface area contributed by atoms with Crippen LogP contribution in [0.5, 0.6) is 0 Å². The van der Waals surface area contributed by atoms with E-state index in [4.69, 9.17) is 0 Å². The van der Waals surface area contributed by atoms with Gasteiger partial charge in [0.05, 0.1) is 11.0 Å². The van der Waals surface area contributed by atoms with Crippen molar-refractivity contribution in [3.8, 4) is 11.1 Å². The largest absolute Gasteiger partial charge is 0.256 e. The zero-order valence-corrected chi connectivity index (χ0v) is 14.9. The number of pyridine rings is 2. The lowest BCUT2D eigenvalue weighted by Gasteiger charge is -2.11. The Bertz CT molecular complexity index is 1030. The standard InChI is InChI=1S/C19H13BrN2S/c1-23-19-13(7-8-18-14(19)4-3-9-21-18)12-10-15-16(20)5-2-6-17(15)22-11-12/h2-11H,1H3. The predicted octanol–water partition coefficient (Wildman–Crippen LogP) is 5.93. The molecule has 4 aromatic rings. The Morgan fingerprint density at radius 1 is 0.913 bits per heavy atom. The zero-order valence-electron chi connectivity index (χ0n) is 12.5. The molecular weight excluding hydrogens is 368 g/mol. The van der Waals surface area contributed by atoms with Crippen LogP contribution in [-0.2, 0) is 0 Å². The molecule has 0 bridgehead atoms. The first-order chi connectivity index (χ1) is 11.3. The van der Waals surface area contributed by atoms with Crippen LogP contribution < -0.4 is 0 Å². The summed E-state index contributed by atoms with van der Waals surface area (Å²) in [5.74, 6) is 0. The molecule has 2 nitrogen and oxygen atoms in total. The third-order valence-electron chi connectivity index (χ3n) is 3.92. The van der Waals surface area contributed by atoms with Crippen LogP contribution >= 0.6 is 27.7 Å². The summed E-state index contributed by atoms with van der Waals surface area (Å²) in [5.41, 5.74) is 4.34. The lowest BCUT2D eigenvalue weighted by atomic mass is 10.0. The van der Waals surface area contributed by atoms with Crippen LogP contribution in [-0.4, -0.2) is 16.2 Å². The van der Waals surface area contributed by atoms with E-state index >= 15 is 0 Å². The summed E-state index contributed by atoms with van der Waals surface area (Å²) < 4.78 is 1.07. The van der Waals surface area contributed by atoms with Gasteiger partial charge < -0.3 is 0 Å². The Labute approximate surface area is 147 Å². The highest BCUT2D eigenvalue weighted by molar-refractivity contribution is 9.10. The summed E-state index contributed by atoms with van der Waals surface area (Å²) in [6.45, 7) is 0. The number of fused-ring (bicyclic) bond motifs is 2. The van der Waals surface area contributed by atoms with Crippen LogP contribution in [0.3, 0.4) is 0 Å². The first-order valence-corrected chi connectivity index (χ1v) is 9.26. The fourth-order valence-electron chi connectivity index (χ4n) is 2.83. The van der Waals surface area contributed by atoms with Gasteiger partial charge >= 0.3 is 0 Å². The van der Waals surface area contributed by atoms with E-state index in [1.165, 1.54) is 15.8 Å². The normalized spacial score (nSPS) is 11.2. The van der Waals surface area contributed by atoms with E-state index in [-0.39, 0.29) is 0 Å². The smallest absolute Gasteiger partial charge is 0.0713 e. The Hall–Kier alpha value is -1.91. The summed E-state index contributed by atoms with van der Waals surface area (Å²) in [6.07, 6.45) is 5.89. The van der Waals surface area contributed by atoms with Crippen molar-refractivity contribution in [2.45, 2.75) is 4.90 Å². The number of thioether (sulfide) groups is 1. The minimum atomic E-state index is 0.997. The van der Waals surface area contributed by atoms with Crippen LogP contribution in [0.15, 0.2) is 70.3 Å². The highest BCUT2D eigenvalue weighted by Crippen LogP contribution is 2.37. The lowest BCUT2D eigenvalue weighted by molar-refractivity contribution is 1.36. The van der Waals surface area contributed by atoms with E-state index in [0.717, 1.165) is 26.5 Å². The van der Waals surface area contributed by atoms with Crippen molar-refractivity contribution in [2.24, 2.45) is 0 Å². The third-order valence-corrected chi connectivity index (χ3v) is 5.46. The van der Waals surface area contributed by atoms with Gasteiger partial charge in [0.25, 0.3) is 0 Å². The van der Waals surface area contributed by atoms with E-state index < -0.39 is 0 Å². The van der Waals surface area contributed by atoms with Crippen molar-refractivity contribution in [1.82, 2.24) is 9.97 Å². The molecule has 0 aliphatic heterocycles. The van der Waals surface area contributed by atoms with Crippen molar-refractivity contribution in [2.75, 3.05) is 6.26 Å². The van der Waals surface area contributed by atoms with Crippen LogP contribution in [0.2, 0.25) is 0 Å². The van der Waals surface area contributed by atoms with Crippen molar-refractivity contribution >= 4 is 49.5 Å². The first kappa shape index (κ1) is 14.7. The van der Waals surface area contributed by atoms with Crippen LogP contribution in [0, 0.1) is 0 Å². The van der Waals surface area contributed by atoms with Gasteiger partial charge in [0.1, 0.15) is 0 Å². The van der Waals surface area contributed by atoms with Crippen molar-refractivity contribution in [3.63, 3.8) is 0 Å². The minimum absolute atomic E-state index is 0.997. The molecule has 0 unspecified atom stereocenters. The summed E-state index contributed by atoms with van der Waals surface area (Å²) in [6, 6.07) is 16.6. The fraction of sp³-hybridized carbons (Fsp3) is 0.0526. The van der Waals surface area contributed by atoms with E-state index in [0.29, 0.717) is 0 Å². The van der Waals surface area contributed by atoms with Gasteiger partial charge in [0.2, 0.25) is 0 Å². The molecule has 0 aliphatic rings. The van der Waals surface area contributed by atoms with Crippen molar-refractivity contribution in [3.05, 3.63) is 65.4 Å².